The molecule has 148 valence electrons. The van der Waals surface area contributed by atoms with Crippen molar-refractivity contribution in [2.45, 2.75) is 19.4 Å². The molecule has 0 saturated heterocycles. The van der Waals surface area contributed by atoms with Gasteiger partial charge < -0.3 is 20.5 Å². The number of methoxy groups -OCH3 is 2. The van der Waals surface area contributed by atoms with E-state index in [1.54, 1.807) is 0 Å². The topological polar surface area (TPSA) is 125 Å². The van der Waals surface area contributed by atoms with Crippen LogP contribution in [0.15, 0.2) is 18.2 Å². The van der Waals surface area contributed by atoms with Crippen molar-refractivity contribution in [2.75, 3.05) is 14.2 Å². The van der Waals surface area contributed by atoms with Gasteiger partial charge in [-0.3, -0.25) is 19.2 Å². The van der Waals surface area contributed by atoms with Crippen LogP contribution < -0.4 is 11.1 Å². The molecule has 0 aliphatic carbocycles. The first-order valence-electron chi connectivity index (χ1n) is 7.80. The van der Waals surface area contributed by atoms with E-state index < -0.39 is 59.7 Å². The van der Waals surface area contributed by atoms with Gasteiger partial charge in [-0.25, -0.2) is 8.78 Å². The third kappa shape index (κ3) is 6.01. The maximum absolute atomic E-state index is 13.2. The summed E-state index contributed by atoms with van der Waals surface area (Å²) in [5, 5.41) is 2.27. The third-order valence-electron chi connectivity index (χ3n) is 3.87. The van der Waals surface area contributed by atoms with Crippen LogP contribution in [0.1, 0.15) is 12.5 Å². The smallest absolute Gasteiger partial charge is 0.320 e. The van der Waals surface area contributed by atoms with Gasteiger partial charge in [0.15, 0.2) is 5.92 Å². The van der Waals surface area contributed by atoms with E-state index in [-0.39, 0.29) is 5.56 Å². The van der Waals surface area contributed by atoms with Crippen LogP contribution in [0.25, 0.3) is 0 Å². The first-order valence-corrected chi connectivity index (χ1v) is 7.80. The molecule has 1 rings (SSSR count). The highest BCUT2D eigenvalue weighted by atomic mass is 19.1. The van der Waals surface area contributed by atoms with Crippen molar-refractivity contribution in [1.29, 1.82) is 0 Å². The SMILES string of the molecule is COC(=O)C(C(=O)OC)[C@@H](C)[C@H](NC(=O)Cc1cc(F)cc(F)c1)C(N)=O. The van der Waals surface area contributed by atoms with Crippen LogP contribution in [0.3, 0.4) is 0 Å². The van der Waals surface area contributed by atoms with Crippen LogP contribution in [0, 0.1) is 23.5 Å². The lowest BCUT2D eigenvalue weighted by molar-refractivity contribution is -0.162. The minimum Gasteiger partial charge on any atom is -0.468 e. The highest BCUT2D eigenvalue weighted by molar-refractivity contribution is 5.97. The van der Waals surface area contributed by atoms with Crippen molar-refractivity contribution < 1.29 is 37.4 Å². The third-order valence-corrected chi connectivity index (χ3v) is 3.87. The molecular formula is C17H20F2N2O6. The molecule has 1 aromatic carbocycles. The van der Waals surface area contributed by atoms with Gasteiger partial charge in [0, 0.05) is 12.0 Å². The molecule has 0 aromatic heterocycles. The average molecular weight is 386 g/mol. The van der Waals surface area contributed by atoms with Crippen LogP contribution in [0.2, 0.25) is 0 Å². The number of ether oxygens (including phenoxy) is 2. The number of carbonyl (C=O) groups excluding carboxylic acids is 4. The van der Waals surface area contributed by atoms with Gasteiger partial charge in [-0.2, -0.15) is 0 Å². The molecule has 10 heteroatoms. The molecule has 0 radical (unpaired) electrons. The molecule has 0 aliphatic rings. The zero-order valence-electron chi connectivity index (χ0n) is 15.0. The monoisotopic (exact) mass is 386 g/mol. The molecule has 0 saturated carbocycles. The Morgan fingerprint density at radius 3 is 1.93 bits per heavy atom. The minimum absolute atomic E-state index is 0.0263. The van der Waals surface area contributed by atoms with Crippen molar-refractivity contribution in [3.05, 3.63) is 35.4 Å². The summed E-state index contributed by atoms with van der Waals surface area (Å²) in [7, 11) is 2.09. The summed E-state index contributed by atoms with van der Waals surface area (Å²) in [6.45, 7) is 1.33. The molecule has 0 aliphatic heterocycles. The van der Waals surface area contributed by atoms with Gasteiger partial charge in [-0.15, -0.1) is 0 Å². The second kappa shape index (κ2) is 9.60. The maximum atomic E-state index is 13.2. The van der Waals surface area contributed by atoms with Crippen molar-refractivity contribution >= 4 is 23.8 Å². The number of amides is 2. The summed E-state index contributed by atoms with van der Waals surface area (Å²) in [4.78, 5) is 47.6. The van der Waals surface area contributed by atoms with Gasteiger partial charge in [0.05, 0.1) is 20.6 Å². The average Bonchev–Trinajstić information content (AvgIpc) is 2.57. The molecule has 0 heterocycles. The Balaban J connectivity index is 2.99. The number of primary amides is 1. The maximum Gasteiger partial charge on any atom is 0.320 e. The summed E-state index contributed by atoms with van der Waals surface area (Å²) >= 11 is 0. The van der Waals surface area contributed by atoms with Crippen LogP contribution in [-0.4, -0.2) is 44.0 Å². The molecule has 0 bridgehead atoms. The van der Waals surface area contributed by atoms with Crippen molar-refractivity contribution in [1.82, 2.24) is 5.32 Å². The molecular weight excluding hydrogens is 366 g/mol. The molecule has 2 atom stereocenters. The van der Waals surface area contributed by atoms with Crippen molar-refractivity contribution in [2.24, 2.45) is 17.6 Å². The zero-order valence-corrected chi connectivity index (χ0v) is 15.0. The van der Waals surface area contributed by atoms with E-state index in [1.165, 1.54) is 6.92 Å². The number of hydrogen-bond donors (Lipinski definition) is 2. The van der Waals surface area contributed by atoms with E-state index in [0.717, 1.165) is 26.4 Å². The molecule has 2 amide bonds. The highest BCUT2D eigenvalue weighted by Gasteiger charge is 2.41. The lowest BCUT2D eigenvalue weighted by Crippen LogP contribution is -2.53. The number of hydrogen-bond acceptors (Lipinski definition) is 6. The molecule has 8 nitrogen and oxygen atoms in total. The Morgan fingerprint density at radius 1 is 1.04 bits per heavy atom. The predicted octanol–water partition coefficient (Wildman–Crippen LogP) is 0.0757. The molecule has 0 unspecified atom stereocenters. The predicted molar refractivity (Wildman–Crippen MR) is 87.9 cm³/mol. The first kappa shape index (κ1) is 22.0. The Bertz CT molecular complexity index is 704. The van der Waals surface area contributed by atoms with Gasteiger partial charge >= 0.3 is 11.9 Å². The van der Waals surface area contributed by atoms with E-state index in [9.17, 15) is 28.0 Å². The molecule has 0 spiro atoms. The molecule has 0 fully saturated rings. The van der Waals surface area contributed by atoms with E-state index in [2.05, 4.69) is 14.8 Å². The second-order valence-corrected chi connectivity index (χ2v) is 5.79. The van der Waals surface area contributed by atoms with Gasteiger partial charge in [-0.05, 0) is 17.7 Å². The van der Waals surface area contributed by atoms with Crippen molar-refractivity contribution in [3.8, 4) is 0 Å². The summed E-state index contributed by atoms with van der Waals surface area (Å²) in [6, 6.07) is 1.13. The Labute approximate surface area is 154 Å². The normalized spacial score (nSPS) is 12.8. The van der Waals surface area contributed by atoms with Gasteiger partial charge in [0.1, 0.15) is 17.7 Å². The molecule has 3 N–H and O–H groups in total. The zero-order chi connectivity index (χ0) is 20.7. The van der Waals surface area contributed by atoms with E-state index in [1.807, 2.05) is 0 Å². The fourth-order valence-electron chi connectivity index (χ4n) is 2.56. The Hall–Kier alpha value is -3.04. The van der Waals surface area contributed by atoms with Crippen LogP contribution in [-0.2, 0) is 35.1 Å². The quantitative estimate of drug-likeness (QED) is 0.481. The van der Waals surface area contributed by atoms with Gasteiger partial charge in [0.2, 0.25) is 11.8 Å². The molecule has 1 aromatic rings. The highest BCUT2D eigenvalue weighted by Crippen LogP contribution is 2.20. The summed E-state index contributed by atoms with van der Waals surface area (Å²) < 4.78 is 35.5. The largest absolute Gasteiger partial charge is 0.468 e. The second-order valence-electron chi connectivity index (χ2n) is 5.79. The number of halogens is 2. The Kier molecular flexibility index (Phi) is 7.82. The molecule has 27 heavy (non-hydrogen) atoms. The fourth-order valence-corrected chi connectivity index (χ4v) is 2.56. The fraction of sp³-hybridized carbons (Fsp3) is 0.412. The number of benzene rings is 1. The lowest BCUT2D eigenvalue weighted by atomic mass is 9.86. The van der Waals surface area contributed by atoms with Gasteiger partial charge in [0.25, 0.3) is 0 Å². The summed E-state index contributed by atoms with van der Waals surface area (Å²) in [6.07, 6.45) is -0.452. The number of nitrogens with one attached hydrogen (secondary N) is 1. The standard InChI is InChI=1S/C17H20F2N2O6/c1-8(13(16(24)26-2)17(25)27-3)14(15(20)23)21-12(22)6-9-4-10(18)7-11(19)5-9/h4-5,7-8,13-14H,6H2,1-3H3,(H2,20,23)(H,21,22)/t8-,14+/m1/s1. The number of carbonyl (C=O) groups is 4. The number of rotatable bonds is 8. The number of nitrogens with two attached hydrogens (primary N) is 1. The van der Waals surface area contributed by atoms with Crippen LogP contribution in [0.5, 0.6) is 0 Å². The Morgan fingerprint density at radius 2 is 1.52 bits per heavy atom. The lowest BCUT2D eigenvalue weighted by Gasteiger charge is -2.26. The summed E-state index contributed by atoms with van der Waals surface area (Å²) in [5.41, 5.74) is 5.30. The first-order chi connectivity index (χ1) is 12.6. The van der Waals surface area contributed by atoms with E-state index >= 15 is 0 Å². The minimum atomic E-state index is -1.51. The number of esters is 2. The van der Waals surface area contributed by atoms with Gasteiger partial charge in [-0.1, -0.05) is 6.92 Å². The van der Waals surface area contributed by atoms with Crippen LogP contribution >= 0.6 is 0 Å². The van der Waals surface area contributed by atoms with Crippen LogP contribution in [0.4, 0.5) is 8.78 Å². The van der Waals surface area contributed by atoms with Crippen molar-refractivity contribution in [3.63, 3.8) is 0 Å². The van der Waals surface area contributed by atoms with E-state index in [0.29, 0.717) is 6.07 Å². The van der Waals surface area contributed by atoms with E-state index in [4.69, 9.17) is 5.73 Å². The summed E-state index contributed by atoms with van der Waals surface area (Å²) in [5.74, 6) is -8.09.